The van der Waals surface area contributed by atoms with Crippen LogP contribution in [0, 0.1) is 0 Å². The molecule has 0 unspecified atom stereocenters. The molecule has 0 N–H and O–H groups in total. The molecular formula is C12H12O2. The molecule has 14 heavy (non-hydrogen) atoms. The highest BCUT2D eigenvalue weighted by atomic mass is 16.5. The van der Waals surface area contributed by atoms with Crippen molar-refractivity contribution in [1.29, 1.82) is 0 Å². The first-order valence-electron chi connectivity index (χ1n) is 4.71. The van der Waals surface area contributed by atoms with Crippen molar-refractivity contribution >= 4 is 5.78 Å². The Balaban J connectivity index is 2.49. The van der Waals surface area contributed by atoms with E-state index in [4.69, 9.17) is 4.74 Å². The van der Waals surface area contributed by atoms with Crippen LogP contribution in [0.3, 0.4) is 0 Å². The van der Waals surface area contributed by atoms with Crippen molar-refractivity contribution in [2.75, 3.05) is 6.61 Å². The van der Waals surface area contributed by atoms with Crippen molar-refractivity contribution in [3.63, 3.8) is 0 Å². The number of ketones is 1. The number of para-hydroxylation sites is 1. The molecule has 0 atom stereocenters. The van der Waals surface area contributed by atoms with E-state index in [2.05, 4.69) is 6.58 Å². The van der Waals surface area contributed by atoms with Crippen molar-refractivity contribution in [3.05, 3.63) is 42.0 Å². The third kappa shape index (κ3) is 1.43. The lowest BCUT2D eigenvalue weighted by Gasteiger charge is -2.18. The van der Waals surface area contributed by atoms with Gasteiger partial charge in [-0.1, -0.05) is 18.2 Å². The molecule has 1 heterocycles. The Morgan fingerprint density at radius 2 is 2.36 bits per heavy atom. The van der Waals surface area contributed by atoms with Gasteiger partial charge >= 0.3 is 0 Å². The van der Waals surface area contributed by atoms with Crippen molar-refractivity contribution < 1.29 is 9.53 Å². The van der Waals surface area contributed by atoms with E-state index in [1.54, 1.807) is 0 Å². The summed E-state index contributed by atoms with van der Waals surface area (Å²) in [6, 6.07) is 5.69. The summed E-state index contributed by atoms with van der Waals surface area (Å²) in [7, 11) is 0. The number of Topliss-reactive ketones (excluding diaryl/α,β-unsaturated/α-hetero) is 1. The van der Waals surface area contributed by atoms with Crippen LogP contribution in [0.5, 0.6) is 5.75 Å². The van der Waals surface area contributed by atoms with Gasteiger partial charge in [0.2, 0.25) is 0 Å². The van der Waals surface area contributed by atoms with Gasteiger partial charge in [-0.3, -0.25) is 4.79 Å². The Morgan fingerprint density at radius 1 is 1.50 bits per heavy atom. The SMILES string of the molecule is C=CCc1cccc2c1OCCC2=O. The molecule has 1 aromatic carbocycles. The summed E-state index contributed by atoms with van der Waals surface area (Å²) in [5.74, 6) is 0.931. The van der Waals surface area contributed by atoms with Crippen LogP contribution in [-0.4, -0.2) is 12.4 Å². The molecule has 0 aliphatic carbocycles. The smallest absolute Gasteiger partial charge is 0.170 e. The molecule has 0 saturated carbocycles. The van der Waals surface area contributed by atoms with Gasteiger partial charge in [-0.2, -0.15) is 0 Å². The molecule has 1 aromatic rings. The third-order valence-electron chi connectivity index (χ3n) is 2.34. The van der Waals surface area contributed by atoms with Crippen LogP contribution in [0.1, 0.15) is 22.3 Å². The molecule has 1 aliphatic rings. The van der Waals surface area contributed by atoms with Gasteiger partial charge in [-0.05, 0) is 18.1 Å². The maximum Gasteiger partial charge on any atom is 0.170 e. The Hall–Kier alpha value is -1.57. The number of allylic oxidation sites excluding steroid dienone is 1. The van der Waals surface area contributed by atoms with E-state index in [1.165, 1.54) is 0 Å². The maximum absolute atomic E-state index is 11.5. The van der Waals surface area contributed by atoms with E-state index in [1.807, 2.05) is 24.3 Å². The number of fused-ring (bicyclic) bond motifs is 1. The van der Waals surface area contributed by atoms with Crippen molar-refractivity contribution in [1.82, 2.24) is 0 Å². The first kappa shape index (κ1) is 9.00. The second-order valence-corrected chi connectivity index (χ2v) is 3.31. The van der Waals surface area contributed by atoms with Gasteiger partial charge < -0.3 is 4.74 Å². The number of hydrogen-bond donors (Lipinski definition) is 0. The highest BCUT2D eigenvalue weighted by Crippen LogP contribution is 2.29. The van der Waals surface area contributed by atoms with Crippen LogP contribution >= 0.6 is 0 Å². The van der Waals surface area contributed by atoms with E-state index < -0.39 is 0 Å². The topological polar surface area (TPSA) is 26.3 Å². The van der Waals surface area contributed by atoms with Gasteiger partial charge in [0.25, 0.3) is 0 Å². The number of ether oxygens (including phenoxy) is 1. The fourth-order valence-corrected chi connectivity index (χ4v) is 1.67. The molecule has 2 nitrogen and oxygen atoms in total. The van der Waals surface area contributed by atoms with Crippen molar-refractivity contribution in [3.8, 4) is 5.75 Å². The lowest BCUT2D eigenvalue weighted by molar-refractivity contribution is 0.0932. The molecule has 1 aliphatic heterocycles. The fraction of sp³-hybridized carbons (Fsp3) is 0.250. The highest BCUT2D eigenvalue weighted by Gasteiger charge is 2.19. The first-order chi connectivity index (χ1) is 6.83. The van der Waals surface area contributed by atoms with E-state index in [0.29, 0.717) is 13.0 Å². The zero-order chi connectivity index (χ0) is 9.97. The summed E-state index contributed by atoms with van der Waals surface area (Å²) in [4.78, 5) is 11.5. The predicted molar refractivity (Wildman–Crippen MR) is 54.8 cm³/mol. The minimum Gasteiger partial charge on any atom is -0.492 e. The second-order valence-electron chi connectivity index (χ2n) is 3.31. The van der Waals surface area contributed by atoms with Gasteiger partial charge in [0.1, 0.15) is 5.75 Å². The zero-order valence-electron chi connectivity index (χ0n) is 7.95. The van der Waals surface area contributed by atoms with Crippen molar-refractivity contribution in [2.24, 2.45) is 0 Å². The summed E-state index contributed by atoms with van der Waals surface area (Å²) in [5.41, 5.74) is 1.76. The molecule has 0 spiro atoms. The molecule has 2 rings (SSSR count). The van der Waals surface area contributed by atoms with Crippen LogP contribution in [-0.2, 0) is 6.42 Å². The van der Waals surface area contributed by atoms with Gasteiger partial charge in [0, 0.05) is 6.42 Å². The summed E-state index contributed by atoms with van der Waals surface area (Å²) < 4.78 is 5.51. The normalized spacial score (nSPS) is 14.4. The minimum absolute atomic E-state index is 0.178. The molecule has 2 heteroatoms. The summed E-state index contributed by atoms with van der Waals surface area (Å²) >= 11 is 0. The molecule has 72 valence electrons. The predicted octanol–water partition coefficient (Wildman–Crippen LogP) is 2.38. The lowest BCUT2D eigenvalue weighted by atomic mass is 10.00. The highest BCUT2D eigenvalue weighted by molar-refractivity contribution is 6.00. The van der Waals surface area contributed by atoms with Crippen LogP contribution in [0.15, 0.2) is 30.9 Å². The van der Waals surface area contributed by atoms with Crippen LogP contribution in [0.25, 0.3) is 0 Å². The molecule has 0 saturated heterocycles. The van der Waals surface area contributed by atoms with Gasteiger partial charge in [0.05, 0.1) is 12.2 Å². The van der Waals surface area contributed by atoms with E-state index in [9.17, 15) is 4.79 Å². The Bertz CT molecular complexity index is 380. The zero-order valence-corrected chi connectivity index (χ0v) is 7.95. The van der Waals surface area contributed by atoms with Crippen molar-refractivity contribution in [2.45, 2.75) is 12.8 Å². The van der Waals surface area contributed by atoms with E-state index in [-0.39, 0.29) is 5.78 Å². The fourth-order valence-electron chi connectivity index (χ4n) is 1.67. The number of benzene rings is 1. The Kier molecular flexibility index (Phi) is 2.35. The number of hydrogen-bond acceptors (Lipinski definition) is 2. The minimum atomic E-state index is 0.178. The quantitative estimate of drug-likeness (QED) is 0.666. The molecular weight excluding hydrogens is 176 g/mol. The Morgan fingerprint density at radius 3 is 3.14 bits per heavy atom. The summed E-state index contributed by atoms with van der Waals surface area (Å²) in [6.45, 7) is 4.18. The number of carbonyl (C=O) groups is 1. The number of rotatable bonds is 2. The van der Waals surface area contributed by atoms with Gasteiger partial charge in [-0.25, -0.2) is 0 Å². The average molecular weight is 188 g/mol. The monoisotopic (exact) mass is 188 g/mol. The number of carbonyl (C=O) groups excluding carboxylic acids is 1. The summed E-state index contributed by atoms with van der Waals surface area (Å²) in [5, 5.41) is 0. The standard InChI is InChI=1S/C12H12O2/c1-2-4-9-5-3-6-10-11(13)7-8-14-12(9)10/h2-3,5-6H,1,4,7-8H2. The molecule has 0 bridgehead atoms. The van der Waals surface area contributed by atoms with Gasteiger partial charge in [-0.15, -0.1) is 6.58 Å². The average Bonchev–Trinajstić information content (AvgIpc) is 2.20. The first-order valence-corrected chi connectivity index (χ1v) is 4.71. The third-order valence-corrected chi connectivity index (χ3v) is 2.34. The molecule has 0 aromatic heterocycles. The van der Waals surface area contributed by atoms with Crippen LogP contribution < -0.4 is 4.74 Å². The summed E-state index contributed by atoms with van der Waals surface area (Å²) in [6.07, 6.45) is 3.05. The van der Waals surface area contributed by atoms with E-state index >= 15 is 0 Å². The molecule has 0 radical (unpaired) electrons. The molecule has 0 amide bonds. The van der Waals surface area contributed by atoms with Crippen LogP contribution in [0.4, 0.5) is 0 Å². The van der Waals surface area contributed by atoms with Gasteiger partial charge in [0.15, 0.2) is 5.78 Å². The van der Waals surface area contributed by atoms with Crippen LogP contribution in [0.2, 0.25) is 0 Å². The largest absolute Gasteiger partial charge is 0.492 e. The molecule has 0 fully saturated rings. The van der Waals surface area contributed by atoms with E-state index in [0.717, 1.165) is 23.3 Å². The second kappa shape index (κ2) is 3.66. The lowest BCUT2D eigenvalue weighted by Crippen LogP contribution is -2.16. The Labute approximate surface area is 83.2 Å². The maximum atomic E-state index is 11.5.